The van der Waals surface area contributed by atoms with Crippen molar-refractivity contribution in [3.05, 3.63) is 77.7 Å². The third kappa shape index (κ3) is 4.88. The number of carbonyl (C=O) groups excluding carboxylic acids is 1. The second-order valence-corrected chi connectivity index (χ2v) is 6.03. The molecule has 1 amide bonds. The highest BCUT2D eigenvalue weighted by molar-refractivity contribution is 5.93. The fourth-order valence-electron chi connectivity index (χ4n) is 2.53. The van der Waals surface area contributed by atoms with Gasteiger partial charge in [-0.3, -0.25) is 4.79 Å². The number of hydrogen-bond donors (Lipinski definition) is 2. The topological polar surface area (TPSA) is 66.9 Å². The SMILES string of the molecule is CCCNC(=O)c1cc(NCc2ccccc2F)nc(-c2ccccc2)n1. The molecule has 0 fully saturated rings. The highest BCUT2D eigenvalue weighted by atomic mass is 19.1. The largest absolute Gasteiger partial charge is 0.366 e. The Bertz CT molecular complexity index is 915. The minimum absolute atomic E-state index is 0.258. The Balaban J connectivity index is 1.89. The molecule has 0 saturated carbocycles. The number of carbonyl (C=O) groups is 1. The van der Waals surface area contributed by atoms with Crippen molar-refractivity contribution in [3.63, 3.8) is 0 Å². The monoisotopic (exact) mass is 364 g/mol. The number of hydrogen-bond acceptors (Lipinski definition) is 4. The zero-order valence-corrected chi connectivity index (χ0v) is 15.1. The molecule has 5 nitrogen and oxygen atoms in total. The molecule has 0 bridgehead atoms. The van der Waals surface area contributed by atoms with Gasteiger partial charge in [-0.05, 0) is 12.5 Å². The first-order chi connectivity index (χ1) is 13.2. The van der Waals surface area contributed by atoms with E-state index in [0.29, 0.717) is 23.8 Å². The molecular weight excluding hydrogens is 343 g/mol. The van der Waals surface area contributed by atoms with Gasteiger partial charge in [-0.15, -0.1) is 0 Å². The molecule has 0 radical (unpaired) electrons. The maximum absolute atomic E-state index is 13.8. The molecule has 0 aliphatic heterocycles. The standard InChI is InChI=1S/C21H21FN4O/c1-2-12-23-21(27)18-13-19(24-14-16-10-6-7-11-17(16)22)26-20(25-18)15-8-4-3-5-9-15/h3-11,13H,2,12,14H2,1H3,(H,23,27)(H,24,25,26). The first-order valence-corrected chi connectivity index (χ1v) is 8.87. The summed E-state index contributed by atoms with van der Waals surface area (Å²) in [6.07, 6.45) is 0.834. The van der Waals surface area contributed by atoms with Gasteiger partial charge in [0.15, 0.2) is 5.82 Å². The van der Waals surface area contributed by atoms with Crippen LogP contribution in [-0.2, 0) is 6.54 Å². The number of aromatic nitrogens is 2. The molecule has 138 valence electrons. The predicted molar refractivity (Wildman–Crippen MR) is 104 cm³/mol. The molecule has 0 spiro atoms. The van der Waals surface area contributed by atoms with Crippen LogP contribution in [0.1, 0.15) is 29.4 Å². The van der Waals surface area contributed by atoms with Crippen LogP contribution in [0.25, 0.3) is 11.4 Å². The first kappa shape index (κ1) is 18.5. The Morgan fingerprint density at radius 2 is 1.78 bits per heavy atom. The van der Waals surface area contributed by atoms with Gasteiger partial charge >= 0.3 is 0 Å². The Morgan fingerprint density at radius 3 is 2.52 bits per heavy atom. The molecule has 3 rings (SSSR count). The predicted octanol–water partition coefficient (Wildman–Crippen LogP) is 4.03. The van der Waals surface area contributed by atoms with Crippen molar-refractivity contribution in [2.75, 3.05) is 11.9 Å². The van der Waals surface area contributed by atoms with Crippen LogP contribution in [0.2, 0.25) is 0 Å². The smallest absolute Gasteiger partial charge is 0.270 e. The van der Waals surface area contributed by atoms with E-state index in [2.05, 4.69) is 20.6 Å². The number of amides is 1. The minimum Gasteiger partial charge on any atom is -0.366 e. The van der Waals surface area contributed by atoms with Crippen LogP contribution in [-0.4, -0.2) is 22.4 Å². The maximum atomic E-state index is 13.8. The van der Waals surface area contributed by atoms with Gasteiger partial charge in [-0.25, -0.2) is 14.4 Å². The third-order valence-electron chi connectivity index (χ3n) is 3.94. The third-order valence-corrected chi connectivity index (χ3v) is 3.94. The summed E-state index contributed by atoms with van der Waals surface area (Å²) in [4.78, 5) is 21.3. The van der Waals surface area contributed by atoms with Crippen molar-refractivity contribution >= 4 is 11.7 Å². The van der Waals surface area contributed by atoms with Gasteiger partial charge < -0.3 is 10.6 Å². The molecule has 0 aliphatic carbocycles. The lowest BCUT2D eigenvalue weighted by atomic mass is 10.2. The normalized spacial score (nSPS) is 10.4. The van der Waals surface area contributed by atoms with E-state index in [0.717, 1.165) is 12.0 Å². The van der Waals surface area contributed by atoms with Crippen molar-refractivity contribution < 1.29 is 9.18 Å². The van der Waals surface area contributed by atoms with Gasteiger partial charge in [0.1, 0.15) is 17.3 Å². The van der Waals surface area contributed by atoms with Gasteiger partial charge in [0.2, 0.25) is 0 Å². The zero-order valence-electron chi connectivity index (χ0n) is 15.1. The van der Waals surface area contributed by atoms with E-state index in [-0.39, 0.29) is 24.0 Å². The highest BCUT2D eigenvalue weighted by Crippen LogP contribution is 2.19. The Kier molecular flexibility index (Phi) is 6.10. The van der Waals surface area contributed by atoms with Crippen molar-refractivity contribution in [1.29, 1.82) is 0 Å². The van der Waals surface area contributed by atoms with E-state index in [1.165, 1.54) is 6.07 Å². The summed E-state index contributed by atoms with van der Waals surface area (Å²) in [6.45, 7) is 2.81. The van der Waals surface area contributed by atoms with Crippen LogP contribution in [0.5, 0.6) is 0 Å². The molecule has 0 saturated heterocycles. The van der Waals surface area contributed by atoms with E-state index in [4.69, 9.17) is 0 Å². The van der Waals surface area contributed by atoms with E-state index in [1.807, 2.05) is 37.3 Å². The number of nitrogens with zero attached hydrogens (tertiary/aromatic N) is 2. The van der Waals surface area contributed by atoms with Crippen molar-refractivity contribution in [3.8, 4) is 11.4 Å². The maximum Gasteiger partial charge on any atom is 0.270 e. The van der Waals surface area contributed by atoms with Gasteiger partial charge in [-0.2, -0.15) is 0 Å². The summed E-state index contributed by atoms with van der Waals surface area (Å²) in [5, 5.41) is 5.91. The van der Waals surface area contributed by atoms with E-state index >= 15 is 0 Å². The molecule has 0 unspecified atom stereocenters. The highest BCUT2D eigenvalue weighted by Gasteiger charge is 2.13. The molecule has 0 aliphatic rings. The van der Waals surface area contributed by atoms with E-state index in [9.17, 15) is 9.18 Å². The average Bonchev–Trinajstić information content (AvgIpc) is 2.72. The van der Waals surface area contributed by atoms with Crippen LogP contribution in [0.4, 0.5) is 10.2 Å². The molecule has 3 aromatic rings. The summed E-state index contributed by atoms with van der Waals surface area (Å²) >= 11 is 0. The van der Waals surface area contributed by atoms with Gasteiger partial charge in [0.05, 0.1) is 0 Å². The number of halogens is 1. The summed E-state index contributed by atoms with van der Waals surface area (Å²) < 4.78 is 13.8. The van der Waals surface area contributed by atoms with Crippen LogP contribution in [0.15, 0.2) is 60.7 Å². The summed E-state index contributed by atoms with van der Waals surface area (Å²) in [5.74, 6) is 0.359. The molecular formula is C21H21FN4O. The van der Waals surface area contributed by atoms with Crippen molar-refractivity contribution in [2.24, 2.45) is 0 Å². The second kappa shape index (κ2) is 8.89. The van der Waals surface area contributed by atoms with Crippen molar-refractivity contribution in [1.82, 2.24) is 15.3 Å². The van der Waals surface area contributed by atoms with Gasteiger partial charge in [-0.1, -0.05) is 55.5 Å². The Hall–Kier alpha value is -3.28. The fourth-order valence-corrected chi connectivity index (χ4v) is 2.53. The Labute approximate surface area is 157 Å². The quantitative estimate of drug-likeness (QED) is 0.664. The minimum atomic E-state index is -0.289. The number of rotatable bonds is 7. The summed E-state index contributed by atoms with van der Waals surface area (Å²) in [5.41, 5.74) is 1.60. The molecule has 6 heteroatoms. The molecule has 2 N–H and O–H groups in total. The lowest BCUT2D eigenvalue weighted by Crippen LogP contribution is -2.25. The average molecular weight is 364 g/mol. The number of nitrogens with one attached hydrogen (secondary N) is 2. The molecule has 1 aromatic heterocycles. The first-order valence-electron chi connectivity index (χ1n) is 8.87. The Morgan fingerprint density at radius 1 is 1.04 bits per heavy atom. The number of anilines is 1. The molecule has 0 atom stereocenters. The second-order valence-electron chi connectivity index (χ2n) is 6.03. The number of benzene rings is 2. The lowest BCUT2D eigenvalue weighted by molar-refractivity contribution is 0.0948. The van der Waals surface area contributed by atoms with Crippen LogP contribution < -0.4 is 10.6 Å². The summed E-state index contributed by atoms with van der Waals surface area (Å²) in [7, 11) is 0. The van der Waals surface area contributed by atoms with Gasteiger partial charge in [0.25, 0.3) is 5.91 Å². The molecule has 2 aromatic carbocycles. The van der Waals surface area contributed by atoms with Gasteiger partial charge in [0, 0.05) is 30.3 Å². The van der Waals surface area contributed by atoms with Crippen LogP contribution in [0, 0.1) is 5.82 Å². The fraction of sp³-hybridized carbons (Fsp3) is 0.190. The molecule has 27 heavy (non-hydrogen) atoms. The van der Waals surface area contributed by atoms with Crippen molar-refractivity contribution in [2.45, 2.75) is 19.9 Å². The van der Waals surface area contributed by atoms with Crippen LogP contribution >= 0.6 is 0 Å². The lowest BCUT2D eigenvalue weighted by Gasteiger charge is -2.11. The molecule has 1 heterocycles. The van der Waals surface area contributed by atoms with E-state index in [1.54, 1.807) is 24.3 Å². The van der Waals surface area contributed by atoms with E-state index < -0.39 is 0 Å². The summed E-state index contributed by atoms with van der Waals surface area (Å²) in [6, 6.07) is 17.5. The zero-order chi connectivity index (χ0) is 19.1. The van der Waals surface area contributed by atoms with Crippen LogP contribution in [0.3, 0.4) is 0 Å².